The molecule has 19 heteroatoms. The zero-order valence-electron chi connectivity index (χ0n) is 63.7. The van der Waals surface area contributed by atoms with E-state index in [1.165, 1.54) is 193 Å². The Hall–Kier alpha value is -1.94. The van der Waals surface area contributed by atoms with Crippen LogP contribution in [0.25, 0.3) is 0 Å². The van der Waals surface area contributed by atoms with Gasteiger partial charge in [0.15, 0.2) is 12.2 Å². The van der Waals surface area contributed by atoms with Gasteiger partial charge in [0.1, 0.15) is 19.3 Å². The molecule has 0 fully saturated rings. The summed E-state index contributed by atoms with van der Waals surface area (Å²) in [5.74, 6) is 0.868. The van der Waals surface area contributed by atoms with Crippen LogP contribution >= 0.6 is 15.6 Å². The molecule has 576 valence electrons. The number of hydrogen-bond acceptors (Lipinski definition) is 15. The summed E-state index contributed by atoms with van der Waals surface area (Å²) in [6, 6.07) is 0. The molecular formula is C78H152O17P2. The summed E-state index contributed by atoms with van der Waals surface area (Å²) in [5.41, 5.74) is 0. The molecule has 3 N–H and O–H groups in total. The third-order valence-electron chi connectivity index (χ3n) is 18.1. The second-order valence-electron chi connectivity index (χ2n) is 30.0. The molecular weight excluding hydrogens is 1270 g/mol. The number of rotatable bonds is 75. The molecule has 0 aromatic heterocycles. The summed E-state index contributed by atoms with van der Waals surface area (Å²) in [6.45, 7) is 14.1. The number of carbonyl (C=O) groups excluding carboxylic acids is 4. The Labute approximate surface area is 594 Å². The maximum atomic E-state index is 13.1. The summed E-state index contributed by atoms with van der Waals surface area (Å²) in [4.78, 5) is 72.8. The highest BCUT2D eigenvalue weighted by Crippen LogP contribution is 2.45. The lowest BCUT2D eigenvalue weighted by atomic mass is 10.0. The number of unbranched alkanes of at least 4 members (excludes halogenated alkanes) is 41. The molecule has 0 heterocycles. The van der Waals surface area contributed by atoms with E-state index < -0.39 is 97.5 Å². The van der Waals surface area contributed by atoms with Crippen LogP contribution in [0.4, 0.5) is 0 Å². The number of aliphatic hydroxyl groups is 1. The molecule has 0 rings (SSSR count). The van der Waals surface area contributed by atoms with Gasteiger partial charge < -0.3 is 33.8 Å². The number of carbonyl (C=O) groups is 4. The lowest BCUT2D eigenvalue weighted by Crippen LogP contribution is -2.30. The molecule has 0 bridgehead atoms. The van der Waals surface area contributed by atoms with Crippen LogP contribution in [0.3, 0.4) is 0 Å². The first-order valence-corrected chi connectivity index (χ1v) is 43.2. The average Bonchev–Trinajstić information content (AvgIpc) is 1.56. The van der Waals surface area contributed by atoms with Crippen LogP contribution in [0.2, 0.25) is 0 Å². The second-order valence-corrected chi connectivity index (χ2v) is 32.9. The van der Waals surface area contributed by atoms with E-state index >= 15 is 0 Å². The number of phosphoric acid groups is 2. The van der Waals surface area contributed by atoms with Gasteiger partial charge in [0, 0.05) is 25.7 Å². The van der Waals surface area contributed by atoms with Crippen LogP contribution in [0.15, 0.2) is 0 Å². The van der Waals surface area contributed by atoms with Crippen molar-refractivity contribution in [3.63, 3.8) is 0 Å². The summed E-state index contributed by atoms with van der Waals surface area (Å²) in [7, 11) is -9.91. The highest BCUT2D eigenvalue weighted by molar-refractivity contribution is 7.47. The van der Waals surface area contributed by atoms with Crippen LogP contribution in [0.5, 0.6) is 0 Å². The number of aliphatic hydroxyl groups excluding tert-OH is 1. The van der Waals surface area contributed by atoms with Crippen molar-refractivity contribution in [1.29, 1.82) is 0 Å². The predicted molar refractivity (Wildman–Crippen MR) is 395 cm³/mol. The van der Waals surface area contributed by atoms with E-state index in [2.05, 4.69) is 55.4 Å². The van der Waals surface area contributed by atoms with Crippen molar-refractivity contribution >= 4 is 39.5 Å². The maximum Gasteiger partial charge on any atom is 0.472 e. The van der Waals surface area contributed by atoms with Crippen LogP contribution in [-0.2, 0) is 65.4 Å². The molecule has 0 aliphatic carbocycles. The fraction of sp³-hybridized carbons (Fsp3) is 0.949. The van der Waals surface area contributed by atoms with Crippen molar-refractivity contribution in [3.8, 4) is 0 Å². The molecule has 97 heavy (non-hydrogen) atoms. The highest BCUT2D eigenvalue weighted by Gasteiger charge is 2.30. The molecule has 0 aliphatic heterocycles. The molecule has 0 saturated heterocycles. The quantitative estimate of drug-likeness (QED) is 0.0222. The first-order valence-electron chi connectivity index (χ1n) is 40.2. The Morgan fingerprint density at radius 1 is 0.258 bits per heavy atom. The van der Waals surface area contributed by atoms with Crippen LogP contribution in [0.1, 0.15) is 396 Å². The van der Waals surface area contributed by atoms with Gasteiger partial charge in [-0.15, -0.1) is 0 Å². The summed E-state index contributed by atoms with van der Waals surface area (Å²) < 4.78 is 68.5. The van der Waals surface area contributed by atoms with E-state index in [1.54, 1.807) is 0 Å². The summed E-state index contributed by atoms with van der Waals surface area (Å²) in [6.07, 6.45) is 53.2. The molecule has 0 saturated carbocycles. The Bertz CT molecular complexity index is 1900. The van der Waals surface area contributed by atoms with Gasteiger partial charge in [-0.2, -0.15) is 0 Å². The Balaban J connectivity index is 5.12. The summed E-state index contributed by atoms with van der Waals surface area (Å²) in [5, 5.41) is 10.6. The van der Waals surface area contributed by atoms with Crippen molar-refractivity contribution < 1.29 is 80.2 Å². The van der Waals surface area contributed by atoms with E-state index in [1.807, 2.05) is 0 Å². The fourth-order valence-corrected chi connectivity index (χ4v) is 13.5. The van der Waals surface area contributed by atoms with E-state index in [0.717, 1.165) is 108 Å². The molecule has 17 nitrogen and oxygen atoms in total. The zero-order valence-corrected chi connectivity index (χ0v) is 65.5. The minimum Gasteiger partial charge on any atom is -0.462 e. The van der Waals surface area contributed by atoms with E-state index in [4.69, 9.17) is 37.0 Å². The van der Waals surface area contributed by atoms with Crippen molar-refractivity contribution in [2.75, 3.05) is 39.6 Å². The molecule has 3 unspecified atom stereocenters. The van der Waals surface area contributed by atoms with Crippen LogP contribution < -0.4 is 0 Å². The van der Waals surface area contributed by atoms with Gasteiger partial charge >= 0.3 is 39.5 Å². The largest absolute Gasteiger partial charge is 0.472 e. The third-order valence-corrected chi connectivity index (χ3v) is 20.0. The monoisotopic (exact) mass is 1420 g/mol. The van der Waals surface area contributed by atoms with Crippen LogP contribution in [0, 0.1) is 23.7 Å². The molecule has 0 aromatic rings. The molecule has 0 aliphatic rings. The fourth-order valence-electron chi connectivity index (χ4n) is 11.9. The number of phosphoric ester groups is 2. The number of hydrogen-bond donors (Lipinski definition) is 3. The van der Waals surface area contributed by atoms with Crippen molar-refractivity contribution in [2.45, 2.75) is 414 Å². The first kappa shape index (κ1) is 95.1. The van der Waals surface area contributed by atoms with Crippen molar-refractivity contribution in [1.82, 2.24) is 0 Å². The lowest BCUT2D eigenvalue weighted by molar-refractivity contribution is -0.161. The minimum atomic E-state index is -4.96. The van der Waals surface area contributed by atoms with Gasteiger partial charge in [0.25, 0.3) is 0 Å². The maximum absolute atomic E-state index is 13.1. The molecule has 5 atom stereocenters. The minimum absolute atomic E-state index is 0.102. The third kappa shape index (κ3) is 72.2. The normalized spacial score (nSPS) is 14.1. The van der Waals surface area contributed by atoms with Gasteiger partial charge in [-0.25, -0.2) is 9.13 Å². The number of esters is 4. The van der Waals surface area contributed by atoms with Gasteiger partial charge in [-0.3, -0.25) is 37.3 Å². The van der Waals surface area contributed by atoms with E-state index in [-0.39, 0.29) is 25.7 Å². The van der Waals surface area contributed by atoms with Crippen molar-refractivity contribution in [2.24, 2.45) is 23.7 Å². The number of ether oxygens (including phenoxy) is 4. The predicted octanol–water partition coefficient (Wildman–Crippen LogP) is 22.8. The van der Waals surface area contributed by atoms with E-state index in [0.29, 0.717) is 37.5 Å². The molecule has 0 aromatic carbocycles. The average molecular weight is 1420 g/mol. The Morgan fingerprint density at radius 2 is 0.433 bits per heavy atom. The highest BCUT2D eigenvalue weighted by atomic mass is 31.2. The lowest BCUT2D eigenvalue weighted by Gasteiger charge is -2.21. The summed E-state index contributed by atoms with van der Waals surface area (Å²) >= 11 is 0. The van der Waals surface area contributed by atoms with Gasteiger partial charge in [-0.1, -0.05) is 344 Å². The van der Waals surface area contributed by atoms with Gasteiger partial charge in [0.2, 0.25) is 0 Å². The van der Waals surface area contributed by atoms with E-state index in [9.17, 15) is 43.2 Å². The van der Waals surface area contributed by atoms with Crippen molar-refractivity contribution in [3.05, 3.63) is 0 Å². The molecule has 0 radical (unpaired) electrons. The smallest absolute Gasteiger partial charge is 0.462 e. The first-order chi connectivity index (χ1) is 46.6. The van der Waals surface area contributed by atoms with Gasteiger partial charge in [0.05, 0.1) is 26.4 Å². The zero-order chi connectivity index (χ0) is 71.7. The Morgan fingerprint density at radius 3 is 0.639 bits per heavy atom. The Kier molecular flexibility index (Phi) is 65.9. The second kappa shape index (κ2) is 67.2. The molecule has 0 spiro atoms. The topological polar surface area (TPSA) is 237 Å². The molecule has 0 amide bonds. The SMILES string of the molecule is CC(C)CCCCCCCCCCCCCCCCCCCCC(=O)OC[C@H](COP(=O)(O)OCC(O)COP(=O)(O)OC[C@@H](COC(=O)CCCCCCCCCC(C)C)OC(=O)CCCCCCCCCCCCCCCCC(C)C)OC(=O)CCCCCCCCC(C)C. The standard InChI is InChI=1S/C78H152O17P2/c1-68(2)54-46-38-30-25-21-17-13-11-9-10-12-14-19-23-27-33-42-50-58-75(80)88-65-74(95-78(83)61-53-45-37-36-41-49-57-71(7)8)67-93-97(86,87)91-63-72(79)62-90-96(84,85)92-66-73(64-89-76(81)59-51-43-35-29-32-40-48-56-70(5)6)94-77(82)60-52-44-34-28-24-20-16-15-18-22-26-31-39-47-55-69(3)4/h68-74,79H,9-67H2,1-8H3,(H,84,85)(H,86,87)/t72?,73-,74-/m1/s1. The van der Waals surface area contributed by atoms with Gasteiger partial charge in [-0.05, 0) is 49.4 Å². The van der Waals surface area contributed by atoms with Crippen LogP contribution in [-0.4, -0.2) is 96.7 Å².